The minimum Gasteiger partial charge on any atom is -0.341 e. The number of nitrogens with one attached hydrogen (secondary N) is 1. The Kier molecular flexibility index (Phi) is 6.30. The molecule has 0 aliphatic rings. The molecule has 0 aliphatic heterocycles. The number of nitro groups is 1. The van der Waals surface area contributed by atoms with Gasteiger partial charge in [0.1, 0.15) is 6.04 Å². The van der Waals surface area contributed by atoms with E-state index in [1.807, 2.05) is 12.1 Å². The van der Waals surface area contributed by atoms with E-state index in [0.29, 0.717) is 11.6 Å². The molecule has 2 amide bonds. The van der Waals surface area contributed by atoms with Crippen molar-refractivity contribution in [2.75, 3.05) is 7.05 Å². The van der Waals surface area contributed by atoms with Gasteiger partial charge in [-0.1, -0.05) is 29.8 Å². The lowest BCUT2D eigenvalue weighted by Gasteiger charge is -2.22. The summed E-state index contributed by atoms with van der Waals surface area (Å²) in [4.78, 5) is 36.4. The number of carbonyl (C=O) groups excluding carboxylic acids is 2. The minimum atomic E-state index is -0.779. The third kappa shape index (κ3) is 5.03. The molecule has 26 heavy (non-hydrogen) atoms. The van der Waals surface area contributed by atoms with Crippen molar-refractivity contribution in [2.24, 2.45) is 0 Å². The maximum atomic E-state index is 12.4. The SMILES string of the molecule is CC(NC(=O)c1cccc([N+](=O)[O-])c1)C(=O)N(C)Cc1ccc(Cl)cc1. The first-order valence-corrected chi connectivity index (χ1v) is 8.20. The van der Waals surface area contributed by atoms with Crippen molar-refractivity contribution >= 4 is 29.1 Å². The van der Waals surface area contributed by atoms with Crippen LogP contribution in [0.2, 0.25) is 5.02 Å². The molecular weight excluding hydrogens is 358 g/mol. The number of nitrogens with zero attached hydrogens (tertiary/aromatic N) is 2. The highest BCUT2D eigenvalue weighted by Gasteiger charge is 2.21. The minimum absolute atomic E-state index is 0.124. The van der Waals surface area contributed by atoms with Crippen molar-refractivity contribution in [3.05, 3.63) is 74.8 Å². The van der Waals surface area contributed by atoms with Crippen LogP contribution in [0.25, 0.3) is 0 Å². The number of hydrogen-bond donors (Lipinski definition) is 1. The maximum Gasteiger partial charge on any atom is 0.270 e. The predicted octanol–water partition coefficient (Wildman–Crippen LogP) is 3.03. The third-order valence-electron chi connectivity index (χ3n) is 3.75. The average molecular weight is 376 g/mol. The zero-order chi connectivity index (χ0) is 19.3. The molecule has 136 valence electrons. The van der Waals surface area contributed by atoms with E-state index >= 15 is 0 Å². The van der Waals surface area contributed by atoms with E-state index in [-0.39, 0.29) is 17.2 Å². The van der Waals surface area contributed by atoms with Crippen molar-refractivity contribution in [3.8, 4) is 0 Å². The Bertz CT molecular complexity index is 823. The summed E-state index contributed by atoms with van der Waals surface area (Å²) in [5.41, 5.74) is 0.846. The zero-order valence-corrected chi connectivity index (χ0v) is 15.1. The monoisotopic (exact) mass is 375 g/mol. The molecule has 0 aromatic heterocycles. The molecule has 0 radical (unpaired) electrons. The van der Waals surface area contributed by atoms with Gasteiger partial charge in [-0.15, -0.1) is 0 Å². The summed E-state index contributed by atoms with van der Waals surface area (Å²) in [6.07, 6.45) is 0. The highest BCUT2D eigenvalue weighted by molar-refractivity contribution is 6.30. The number of hydrogen-bond acceptors (Lipinski definition) is 4. The zero-order valence-electron chi connectivity index (χ0n) is 14.3. The number of carbonyl (C=O) groups is 2. The van der Waals surface area contributed by atoms with Gasteiger partial charge in [0, 0.05) is 36.3 Å². The van der Waals surface area contributed by atoms with E-state index in [1.165, 1.54) is 29.2 Å². The van der Waals surface area contributed by atoms with Gasteiger partial charge in [-0.25, -0.2) is 0 Å². The van der Waals surface area contributed by atoms with E-state index in [2.05, 4.69) is 5.32 Å². The highest BCUT2D eigenvalue weighted by atomic mass is 35.5. The van der Waals surface area contributed by atoms with Crippen LogP contribution in [0.15, 0.2) is 48.5 Å². The summed E-state index contributed by atoms with van der Waals surface area (Å²) in [5, 5.41) is 14.0. The number of rotatable bonds is 6. The van der Waals surface area contributed by atoms with Gasteiger partial charge in [0.15, 0.2) is 0 Å². The molecule has 8 heteroatoms. The van der Waals surface area contributed by atoms with Crippen LogP contribution in [0.5, 0.6) is 0 Å². The van der Waals surface area contributed by atoms with Gasteiger partial charge in [0.2, 0.25) is 5.91 Å². The number of amides is 2. The van der Waals surface area contributed by atoms with Gasteiger partial charge < -0.3 is 10.2 Å². The van der Waals surface area contributed by atoms with Gasteiger partial charge in [0.05, 0.1) is 4.92 Å². The van der Waals surface area contributed by atoms with Crippen LogP contribution < -0.4 is 5.32 Å². The number of nitro benzene ring substituents is 1. The summed E-state index contributed by atoms with van der Waals surface area (Å²) in [7, 11) is 1.63. The molecule has 1 unspecified atom stereocenters. The number of non-ortho nitro benzene ring substituents is 1. The Morgan fingerprint density at radius 1 is 1.23 bits per heavy atom. The van der Waals surface area contributed by atoms with Crippen LogP contribution in [0.3, 0.4) is 0 Å². The molecule has 0 saturated carbocycles. The van der Waals surface area contributed by atoms with Crippen LogP contribution in [-0.2, 0) is 11.3 Å². The first-order valence-electron chi connectivity index (χ1n) is 7.82. The van der Waals surface area contributed by atoms with Gasteiger partial charge in [-0.05, 0) is 30.7 Å². The van der Waals surface area contributed by atoms with Crippen LogP contribution in [0.1, 0.15) is 22.8 Å². The molecule has 1 N–H and O–H groups in total. The van der Waals surface area contributed by atoms with E-state index in [0.717, 1.165) is 5.56 Å². The maximum absolute atomic E-state index is 12.4. The van der Waals surface area contributed by atoms with Crippen LogP contribution in [-0.4, -0.2) is 34.7 Å². The Morgan fingerprint density at radius 3 is 2.50 bits per heavy atom. The molecule has 0 heterocycles. The van der Waals surface area contributed by atoms with E-state index in [4.69, 9.17) is 11.6 Å². The second-order valence-corrected chi connectivity index (χ2v) is 6.26. The van der Waals surface area contributed by atoms with E-state index in [9.17, 15) is 19.7 Å². The summed E-state index contributed by atoms with van der Waals surface area (Å²) in [5.74, 6) is -0.826. The average Bonchev–Trinajstić information content (AvgIpc) is 2.62. The fourth-order valence-corrected chi connectivity index (χ4v) is 2.50. The van der Waals surface area contributed by atoms with E-state index < -0.39 is 16.9 Å². The number of likely N-dealkylation sites (N-methyl/N-ethyl adjacent to an activating group) is 1. The fourth-order valence-electron chi connectivity index (χ4n) is 2.37. The molecule has 1 atom stereocenters. The summed E-state index contributed by atoms with van der Waals surface area (Å²) in [6, 6.07) is 11.7. The van der Waals surface area contributed by atoms with Gasteiger partial charge >= 0.3 is 0 Å². The first-order chi connectivity index (χ1) is 12.3. The topological polar surface area (TPSA) is 92.5 Å². The first kappa shape index (κ1) is 19.4. The lowest BCUT2D eigenvalue weighted by Crippen LogP contribution is -2.45. The lowest BCUT2D eigenvalue weighted by atomic mass is 10.1. The van der Waals surface area contributed by atoms with Crippen molar-refractivity contribution in [3.63, 3.8) is 0 Å². The summed E-state index contributed by atoms with van der Waals surface area (Å²) < 4.78 is 0. The Labute approximate surface area is 155 Å². The molecule has 2 rings (SSSR count). The molecule has 0 bridgehead atoms. The molecule has 0 saturated heterocycles. The van der Waals surface area contributed by atoms with Gasteiger partial charge in [0.25, 0.3) is 11.6 Å². The van der Waals surface area contributed by atoms with Crippen LogP contribution >= 0.6 is 11.6 Å². The second kappa shape index (κ2) is 8.44. The number of halogens is 1. The molecular formula is C18H18ClN3O4. The molecule has 2 aromatic carbocycles. The van der Waals surface area contributed by atoms with Crippen molar-refractivity contribution in [1.82, 2.24) is 10.2 Å². The standard InChI is InChI=1S/C18H18ClN3O4/c1-12(18(24)21(2)11-13-6-8-15(19)9-7-13)20-17(23)14-4-3-5-16(10-14)22(25)26/h3-10,12H,11H2,1-2H3,(H,20,23). The van der Waals surface area contributed by atoms with Crippen molar-refractivity contribution in [1.29, 1.82) is 0 Å². The Balaban J connectivity index is 1.99. The Hall–Kier alpha value is -2.93. The second-order valence-electron chi connectivity index (χ2n) is 5.82. The normalized spacial score (nSPS) is 11.5. The fraction of sp³-hybridized carbons (Fsp3) is 0.222. The van der Waals surface area contributed by atoms with Gasteiger partial charge in [-0.2, -0.15) is 0 Å². The van der Waals surface area contributed by atoms with Crippen molar-refractivity contribution < 1.29 is 14.5 Å². The van der Waals surface area contributed by atoms with E-state index in [1.54, 1.807) is 26.1 Å². The summed E-state index contributed by atoms with van der Waals surface area (Å²) in [6.45, 7) is 1.93. The smallest absolute Gasteiger partial charge is 0.270 e. The van der Waals surface area contributed by atoms with Crippen LogP contribution in [0, 0.1) is 10.1 Å². The molecule has 2 aromatic rings. The van der Waals surface area contributed by atoms with Crippen molar-refractivity contribution in [2.45, 2.75) is 19.5 Å². The largest absolute Gasteiger partial charge is 0.341 e. The lowest BCUT2D eigenvalue weighted by molar-refractivity contribution is -0.384. The third-order valence-corrected chi connectivity index (χ3v) is 4.00. The predicted molar refractivity (Wildman–Crippen MR) is 98.0 cm³/mol. The van der Waals surface area contributed by atoms with Crippen LogP contribution in [0.4, 0.5) is 5.69 Å². The molecule has 0 spiro atoms. The number of benzene rings is 2. The quantitative estimate of drug-likeness (QED) is 0.620. The molecule has 7 nitrogen and oxygen atoms in total. The Morgan fingerprint density at radius 2 is 1.88 bits per heavy atom. The molecule has 0 aliphatic carbocycles. The molecule has 0 fully saturated rings. The van der Waals surface area contributed by atoms with Gasteiger partial charge in [-0.3, -0.25) is 19.7 Å². The summed E-state index contributed by atoms with van der Waals surface area (Å²) >= 11 is 5.84. The highest BCUT2D eigenvalue weighted by Crippen LogP contribution is 2.14.